The standard InChI is InChI=1S/C16H24O3/c1-19-16(10-6-3-7-11-16)15(18)12-14(17)13-8-4-2-5-9-13/h2,4-5,8-9,14-15,17-18H,3,6-7,10-12H2,1H3. The third kappa shape index (κ3) is 3.35. The Morgan fingerprint density at radius 1 is 1.11 bits per heavy atom. The average molecular weight is 264 g/mol. The highest BCUT2D eigenvalue weighted by molar-refractivity contribution is 5.17. The van der Waals surface area contributed by atoms with Crippen LogP contribution in [0.3, 0.4) is 0 Å². The van der Waals surface area contributed by atoms with Crippen molar-refractivity contribution in [3.8, 4) is 0 Å². The van der Waals surface area contributed by atoms with Crippen molar-refractivity contribution >= 4 is 0 Å². The van der Waals surface area contributed by atoms with Crippen molar-refractivity contribution < 1.29 is 14.9 Å². The summed E-state index contributed by atoms with van der Waals surface area (Å²) in [6, 6.07) is 9.50. The van der Waals surface area contributed by atoms with Gasteiger partial charge in [-0.25, -0.2) is 0 Å². The van der Waals surface area contributed by atoms with E-state index in [1.54, 1.807) is 7.11 Å². The lowest BCUT2D eigenvalue weighted by molar-refractivity contribution is -0.134. The third-order valence-corrected chi connectivity index (χ3v) is 4.34. The zero-order valence-electron chi connectivity index (χ0n) is 11.6. The molecule has 3 heteroatoms. The van der Waals surface area contributed by atoms with Crippen molar-refractivity contribution in [3.63, 3.8) is 0 Å². The zero-order valence-corrected chi connectivity index (χ0v) is 11.6. The maximum Gasteiger partial charge on any atom is 0.0937 e. The van der Waals surface area contributed by atoms with Crippen LogP contribution in [0.4, 0.5) is 0 Å². The van der Waals surface area contributed by atoms with Gasteiger partial charge in [0.15, 0.2) is 0 Å². The normalized spacial score (nSPS) is 21.8. The maximum absolute atomic E-state index is 10.5. The predicted molar refractivity (Wildman–Crippen MR) is 74.9 cm³/mol. The van der Waals surface area contributed by atoms with Gasteiger partial charge in [-0.3, -0.25) is 0 Å². The van der Waals surface area contributed by atoms with Gasteiger partial charge in [-0.15, -0.1) is 0 Å². The number of ether oxygens (including phenoxy) is 1. The second kappa shape index (κ2) is 6.51. The molecular formula is C16H24O3. The molecule has 1 fully saturated rings. The molecule has 3 nitrogen and oxygen atoms in total. The molecule has 0 aliphatic heterocycles. The summed E-state index contributed by atoms with van der Waals surface area (Å²) in [6.07, 6.45) is 4.23. The Morgan fingerprint density at radius 2 is 1.74 bits per heavy atom. The Labute approximate surface area is 115 Å². The van der Waals surface area contributed by atoms with Gasteiger partial charge in [-0.1, -0.05) is 49.6 Å². The van der Waals surface area contributed by atoms with E-state index in [1.807, 2.05) is 30.3 Å². The van der Waals surface area contributed by atoms with Gasteiger partial charge in [0.25, 0.3) is 0 Å². The molecule has 106 valence electrons. The van der Waals surface area contributed by atoms with Gasteiger partial charge >= 0.3 is 0 Å². The summed E-state index contributed by atoms with van der Waals surface area (Å²) < 4.78 is 5.62. The van der Waals surface area contributed by atoms with Crippen LogP contribution in [0.25, 0.3) is 0 Å². The SMILES string of the molecule is COC1(C(O)CC(O)c2ccccc2)CCCCC1. The summed E-state index contributed by atoms with van der Waals surface area (Å²) in [5, 5.41) is 20.7. The summed E-state index contributed by atoms with van der Waals surface area (Å²) in [7, 11) is 1.67. The smallest absolute Gasteiger partial charge is 0.0937 e. The molecule has 0 aromatic heterocycles. The highest BCUT2D eigenvalue weighted by Gasteiger charge is 2.40. The summed E-state index contributed by atoms with van der Waals surface area (Å²) in [5.41, 5.74) is 0.386. The van der Waals surface area contributed by atoms with Crippen LogP contribution in [0, 0.1) is 0 Å². The molecule has 2 rings (SSSR count). The second-order valence-electron chi connectivity index (χ2n) is 5.51. The number of methoxy groups -OCH3 is 1. The van der Waals surface area contributed by atoms with Crippen molar-refractivity contribution in [2.75, 3.05) is 7.11 Å². The van der Waals surface area contributed by atoms with Crippen LogP contribution >= 0.6 is 0 Å². The minimum Gasteiger partial charge on any atom is -0.390 e. The van der Waals surface area contributed by atoms with Gasteiger partial charge in [0.1, 0.15) is 0 Å². The summed E-state index contributed by atoms with van der Waals surface area (Å²) >= 11 is 0. The number of aliphatic hydroxyl groups is 2. The first kappa shape index (κ1) is 14.5. The Morgan fingerprint density at radius 3 is 2.32 bits per heavy atom. The molecular weight excluding hydrogens is 240 g/mol. The molecule has 19 heavy (non-hydrogen) atoms. The van der Waals surface area contributed by atoms with Gasteiger partial charge in [-0.05, 0) is 18.4 Å². The van der Waals surface area contributed by atoms with E-state index in [1.165, 1.54) is 6.42 Å². The topological polar surface area (TPSA) is 49.7 Å². The van der Waals surface area contributed by atoms with Crippen LogP contribution in [0.15, 0.2) is 30.3 Å². The minimum absolute atomic E-state index is 0.331. The lowest BCUT2D eigenvalue weighted by Gasteiger charge is -2.40. The van der Waals surface area contributed by atoms with Crippen molar-refractivity contribution in [3.05, 3.63) is 35.9 Å². The molecule has 0 amide bonds. The molecule has 2 atom stereocenters. The van der Waals surface area contributed by atoms with E-state index >= 15 is 0 Å². The fourth-order valence-electron chi connectivity index (χ4n) is 3.06. The lowest BCUT2D eigenvalue weighted by atomic mass is 9.78. The van der Waals surface area contributed by atoms with Gasteiger partial charge in [0.2, 0.25) is 0 Å². The first-order chi connectivity index (χ1) is 9.18. The molecule has 2 unspecified atom stereocenters. The van der Waals surface area contributed by atoms with E-state index in [9.17, 15) is 10.2 Å². The van der Waals surface area contributed by atoms with E-state index < -0.39 is 17.8 Å². The van der Waals surface area contributed by atoms with Crippen LogP contribution in [0.2, 0.25) is 0 Å². The van der Waals surface area contributed by atoms with Gasteiger partial charge in [0.05, 0.1) is 17.8 Å². The largest absolute Gasteiger partial charge is 0.390 e. The van der Waals surface area contributed by atoms with Crippen LogP contribution in [-0.4, -0.2) is 29.0 Å². The zero-order chi connectivity index (χ0) is 13.7. The second-order valence-corrected chi connectivity index (χ2v) is 5.51. The minimum atomic E-state index is -0.634. The molecule has 1 aliphatic carbocycles. The van der Waals surface area contributed by atoms with Gasteiger partial charge in [-0.2, -0.15) is 0 Å². The van der Waals surface area contributed by atoms with Crippen LogP contribution in [-0.2, 0) is 4.74 Å². The fourth-order valence-corrected chi connectivity index (χ4v) is 3.06. The molecule has 1 aromatic rings. The fraction of sp³-hybridized carbons (Fsp3) is 0.625. The van der Waals surface area contributed by atoms with E-state index in [0.717, 1.165) is 31.2 Å². The van der Waals surface area contributed by atoms with E-state index in [4.69, 9.17) is 4.74 Å². The predicted octanol–water partition coefficient (Wildman–Crippen LogP) is 2.82. The molecule has 2 N–H and O–H groups in total. The van der Waals surface area contributed by atoms with Crippen molar-refractivity contribution in [2.24, 2.45) is 0 Å². The van der Waals surface area contributed by atoms with Crippen molar-refractivity contribution in [1.82, 2.24) is 0 Å². The Kier molecular flexibility index (Phi) is 4.97. The Balaban J connectivity index is 2.01. The molecule has 1 saturated carbocycles. The van der Waals surface area contributed by atoms with Crippen LogP contribution < -0.4 is 0 Å². The quantitative estimate of drug-likeness (QED) is 0.859. The molecule has 1 aromatic carbocycles. The lowest BCUT2D eigenvalue weighted by Crippen LogP contribution is -2.46. The molecule has 0 bridgehead atoms. The third-order valence-electron chi connectivity index (χ3n) is 4.34. The summed E-state index contributed by atoms with van der Waals surface area (Å²) in [4.78, 5) is 0. The first-order valence-corrected chi connectivity index (χ1v) is 7.14. The Hall–Kier alpha value is -0.900. The summed E-state index contributed by atoms with van der Waals surface area (Å²) in [5.74, 6) is 0. The number of rotatable bonds is 5. The summed E-state index contributed by atoms with van der Waals surface area (Å²) in [6.45, 7) is 0. The molecule has 0 heterocycles. The number of benzene rings is 1. The number of aliphatic hydroxyl groups excluding tert-OH is 2. The molecule has 1 aliphatic rings. The molecule has 0 saturated heterocycles. The Bertz CT molecular complexity index is 371. The highest BCUT2D eigenvalue weighted by atomic mass is 16.5. The molecule has 0 spiro atoms. The van der Waals surface area contributed by atoms with Gasteiger partial charge < -0.3 is 14.9 Å². The molecule has 0 radical (unpaired) electrons. The maximum atomic E-state index is 10.5. The number of hydrogen-bond acceptors (Lipinski definition) is 3. The average Bonchev–Trinajstić information content (AvgIpc) is 2.48. The van der Waals surface area contributed by atoms with E-state index in [-0.39, 0.29) is 0 Å². The van der Waals surface area contributed by atoms with Crippen LogP contribution in [0.5, 0.6) is 0 Å². The highest BCUT2D eigenvalue weighted by Crippen LogP contribution is 2.37. The van der Waals surface area contributed by atoms with Crippen LogP contribution in [0.1, 0.15) is 50.2 Å². The monoisotopic (exact) mass is 264 g/mol. The van der Waals surface area contributed by atoms with E-state index in [2.05, 4.69) is 0 Å². The first-order valence-electron chi connectivity index (χ1n) is 7.14. The number of hydrogen-bond donors (Lipinski definition) is 2. The van der Waals surface area contributed by atoms with E-state index in [0.29, 0.717) is 6.42 Å². The van der Waals surface area contributed by atoms with Crippen molar-refractivity contribution in [1.29, 1.82) is 0 Å². The van der Waals surface area contributed by atoms with Gasteiger partial charge in [0, 0.05) is 13.5 Å². The van der Waals surface area contributed by atoms with Crippen molar-refractivity contribution in [2.45, 2.75) is 56.3 Å².